The molecule has 0 aliphatic carbocycles. The van der Waals surface area contributed by atoms with Gasteiger partial charge in [-0.05, 0) is 24.1 Å². The highest BCUT2D eigenvalue weighted by Crippen LogP contribution is 2.30. The van der Waals surface area contributed by atoms with Crippen LogP contribution in [-0.2, 0) is 20.6 Å². The first kappa shape index (κ1) is 37.5. The van der Waals surface area contributed by atoms with Gasteiger partial charge in [0.15, 0.2) is 6.29 Å². The van der Waals surface area contributed by atoms with Gasteiger partial charge >= 0.3 is 6.03 Å². The normalized spacial score (nSPS) is 31.9. The number of aliphatic hydroxyl groups excluding tert-OH is 7. The van der Waals surface area contributed by atoms with Crippen molar-refractivity contribution < 1.29 is 54.8 Å². The highest BCUT2D eigenvalue weighted by atomic mass is 16.7. The quantitative estimate of drug-likeness (QED) is 0.103. The Kier molecular flexibility index (Phi) is 16.4. The molecule has 0 spiro atoms. The molecule has 0 saturated carbocycles. The molecular weight excluding hydrogens is 588 g/mol. The van der Waals surface area contributed by atoms with E-state index in [2.05, 4.69) is 17.6 Å². The third-order valence-corrected chi connectivity index (χ3v) is 8.57. The maximum atomic E-state index is 12.3. The largest absolute Gasteiger partial charge is 0.394 e. The predicted molar refractivity (Wildman–Crippen MR) is 165 cm³/mol. The molecule has 1 aromatic carbocycles. The summed E-state index contributed by atoms with van der Waals surface area (Å²) in [6.45, 7) is 1.57. The van der Waals surface area contributed by atoms with Crippen molar-refractivity contribution in [3.63, 3.8) is 0 Å². The van der Waals surface area contributed by atoms with E-state index in [0.717, 1.165) is 18.4 Å². The van der Waals surface area contributed by atoms with Crippen LogP contribution in [0.15, 0.2) is 24.3 Å². The van der Waals surface area contributed by atoms with Crippen molar-refractivity contribution in [3.8, 4) is 0 Å². The monoisotopic (exact) mass is 642 g/mol. The average Bonchev–Trinajstić information content (AvgIpc) is 3.04. The number of hydrogen-bond donors (Lipinski definition) is 9. The molecule has 1 aromatic rings. The number of amides is 2. The van der Waals surface area contributed by atoms with E-state index in [-0.39, 0.29) is 12.5 Å². The summed E-state index contributed by atoms with van der Waals surface area (Å²) in [5, 5.41) is 77.0. The number of hydrogen-bond acceptors (Lipinski definition) is 11. The Bertz CT molecular complexity index is 967. The van der Waals surface area contributed by atoms with Crippen molar-refractivity contribution >= 4 is 11.7 Å². The minimum atomic E-state index is -1.72. The molecule has 13 nitrogen and oxygen atoms in total. The van der Waals surface area contributed by atoms with Gasteiger partial charge in [-0.25, -0.2) is 4.79 Å². The topological polar surface area (TPSA) is 210 Å². The second-order valence-corrected chi connectivity index (χ2v) is 12.1. The molecule has 0 radical (unpaired) electrons. The number of carbonyl (C=O) groups excluding carboxylic acids is 1. The third kappa shape index (κ3) is 11.4. The van der Waals surface area contributed by atoms with Crippen LogP contribution in [0.5, 0.6) is 0 Å². The van der Waals surface area contributed by atoms with Crippen molar-refractivity contribution in [1.82, 2.24) is 5.32 Å². The molecule has 3 rings (SSSR count). The Balaban J connectivity index is 1.40. The van der Waals surface area contributed by atoms with E-state index < -0.39 is 74.4 Å². The SMILES string of the molecule is CCCCCCCCCCCCNC(=O)Nc1ccc(C[C@@H]2OC(CO)[C@@H](OC3OC(CO)[C@H](O)C(O)[C@@H]3O)[C@H](O)C2O)cc1. The number of rotatable bonds is 18. The maximum Gasteiger partial charge on any atom is 0.319 e. The third-order valence-electron chi connectivity index (χ3n) is 8.57. The number of ether oxygens (including phenoxy) is 3. The van der Waals surface area contributed by atoms with Crippen molar-refractivity contribution in [2.45, 2.75) is 139 Å². The fourth-order valence-corrected chi connectivity index (χ4v) is 5.78. The summed E-state index contributed by atoms with van der Waals surface area (Å²) in [4.78, 5) is 12.3. The predicted octanol–water partition coefficient (Wildman–Crippen LogP) is 0.938. The summed E-state index contributed by atoms with van der Waals surface area (Å²) in [7, 11) is 0. The Morgan fingerprint density at radius 2 is 1.29 bits per heavy atom. The number of nitrogens with one attached hydrogen (secondary N) is 2. The first-order valence-electron chi connectivity index (χ1n) is 16.4. The molecule has 2 amide bonds. The lowest BCUT2D eigenvalue weighted by atomic mass is 9.91. The molecule has 9 N–H and O–H groups in total. The van der Waals surface area contributed by atoms with E-state index in [1.807, 2.05) is 0 Å². The maximum absolute atomic E-state index is 12.3. The highest BCUT2D eigenvalue weighted by molar-refractivity contribution is 5.89. The number of benzene rings is 1. The smallest absolute Gasteiger partial charge is 0.319 e. The molecule has 45 heavy (non-hydrogen) atoms. The molecular formula is C32H54N2O11. The molecule has 2 heterocycles. The van der Waals surface area contributed by atoms with Crippen molar-refractivity contribution in [2.75, 3.05) is 25.1 Å². The number of urea groups is 1. The summed E-state index contributed by atoms with van der Waals surface area (Å²) in [6.07, 6.45) is -1.76. The number of aliphatic hydroxyl groups is 7. The Morgan fingerprint density at radius 3 is 1.89 bits per heavy atom. The van der Waals surface area contributed by atoms with Crippen molar-refractivity contribution in [2.24, 2.45) is 0 Å². The van der Waals surface area contributed by atoms with Gasteiger partial charge in [-0.1, -0.05) is 76.8 Å². The average molecular weight is 643 g/mol. The van der Waals surface area contributed by atoms with Crippen molar-refractivity contribution in [3.05, 3.63) is 29.8 Å². The van der Waals surface area contributed by atoms with Gasteiger partial charge in [0.1, 0.15) is 48.8 Å². The molecule has 258 valence electrons. The lowest BCUT2D eigenvalue weighted by molar-refractivity contribution is -0.342. The number of unbranched alkanes of at least 4 members (excludes halogenated alkanes) is 9. The molecule has 0 bridgehead atoms. The minimum Gasteiger partial charge on any atom is -0.394 e. The Morgan fingerprint density at radius 1 is 0.711 bits per heavy atom. The van der Waals surface area contributed by atoms with Crippen LogP contribution in [0.25, 0.3) is 0 Å². The van der Waals surface area contributed by atoms with E-state index in [1.54, 1.807) is 24.3 Å². The summed E-state index contributed by atoms with van der Waals surface area (Å²) in [6, 6.07) is 6.66. The highest BCUT2D eigenvalue weighted by Gasteiger charge is 2.50. The summed E-state index contributed by atoms with van der Waals surface area (Å²) < 4.78 is 16.8. The van der Waals surface area contributed by atoms with E-state index in [4.69, 9.17) is 14.2 Å². The number of carbonyl (C=O) groups is 1. The van der Waals surface area contributed by atoms with Crippen LogP contribution < -0.4 is 10.6 Å². The number of anilines is 1. The summed E-state index contributed by atoms with van der Waals surface area (Å²) in [5.41, 5.74) is 1.33. The second-order valence-electron chi connectivity index (χ2n) is 12.1. The van der Waals surface area contributed by atoms with Gasteiger partial charge in [0, 0.05) is 18.7 Å². The van der Waals surface area contributed by atoms with Gasteiger partial charge in [-0.2, -0.15) is 0 Å². The molecule has 2 aliphatic rings. The first-order chi connectivity index (χ1) is 21.7. The lowest BCUT2D eigenvalue weighted by Gasteiger charge is -2.46. The van der Waals surface area contributed by atoms with Gasteiger partial charge in [0.25, 0.3) is 0 Å². The molecule has 5 unspecified atom stereocenters. The Hall–Kier alpha value is -1.91. The van der Waals surface area contributed by atoms with Crippen LogP contribution >= 0.6 is 0 Å². The molecule has 2 fully saturated rings. The molecule has 0 aromatic heterocycles. The molecule has 2 aliphatic heterocycles. The second kappa shape index (κ2) is 19.7. The molecule has 10 atom stereocenters. The zero-order valence-electron chi connectivity index (χ0n) is 26.2. The van der Waals surface area contributed by atoms with Crippen molar-refractivity contribution in [1.29, 1.82) is 0 Å². The van der Waals surface area contributed by atoms with Gasteiger partial charge in [0.2, 0.25) is 0 Å². The zero-order chi connectivity index (χ0) is 32.8. The summed E-state index contributed by atoms with van der Waals surface area (Å²) in [5.74, 6) is 0. The van der Waals surface area contributed by atoms with E-state index >= 15 is 0 Å². The van der Waals surface area contributed by atoms with Crippen LogP contribution in [0.3, 0.4) is 0 Å². The zero-order valence-corrected chi connectivity index (χ0v) is 26.2. The first-order valence-corrected chi connectivity index (χ1v) is 16.4. The van der Waals surface area contributed by atoms with E-state index in [1.165, 1.54) is 51.4 Å². The van der Waals surface area contributed by atoms with E-state index in [9.17, 15) is 40.5 Å². The fraction of sp³-hybridized carbons (Fsp3) is 0.781. The standard InChI is InChI=1S/C32H54N2O11/c1-2-3-4-5-6-7-8-9-10-11-16-33-32(42)34-21-14-12-20(13-15-21)17-22-25(37)28(40)30(24(19-36)43-22)45-31-29(41)27(39)26(38)23(18-35)44-31/h12-15,22-31,35-41H,2-11,16-19H2,1H3,(H2,33,34,42)/t22-,23?,24?,25?,26-,27?,28+,29-,30+,31?/m0/s1. The molecule has 13 heteroatoms. The summed E-state index contributed by atoms with van der Waals surface area (Å²) >= 11 is 0. The van der Waals surface area contributed by atoms with Crippen LogP contribution in [0.1, 0.15) is 76.7 Å². The lowest BCUT2D eigenvalue weighted by Crippen LogP contribution is -2.64. The van der Waals surface area contributed by atoms with Crippen LogP contribution in [0.4, 0.5) is 10.5 Å². The van der Waals surface area contributed by atoms with Crippen LogP contribution in [0, 0.1) is 0 Å². The minimum absolute atomic E-state index is 0.173. The van der Waals surface area contributed by atoms with Gasteiger partial charge in [0.05, 0.1) is 19.3 Å². The van der Waals surface area contributed by atoms with Gasteiger partial charge in [-0.15, -0.1) is 0 Å². The van der Waals surface area contributed by atoms with Crippen LogP contribution in [-0.4, -0.2) is 123 Å². The molecule has 2 saturated heterocycles. The fourth-order valence-electron chi connectivity index (χ4n) is 5.78. The van der Waals surface area contributed by atoms with E-state index in [0.29, 0.717) is 12.2 Å². The Labute approximate surface area is 265 Å². The van der Waals surface area contributed by atoms with Gasteiger partial charge in [-0.3, -0.25) is 0 Å². The van der Waals surface area contributed by atoms with Gasteiger partial charge < -0.3 is 60.6 Å². The van der Waals surface area contributed by atoms with Crippen LogP contribution in [0.2, 0.25) is 0 Å².